The molecule has 1 aromatic rings. The fourth-order valence-corrected chi connectivity index (χ4v) is 6.69. The Kier molecular flexibility index (Phi) is 6.09. The minimum Gasteiger partial charge on any atom is -0.166 e. The largest absolute Gasteiger partial charge is 0.416 e. The molecule has 28 heavy (non-hydrogen) atoms. The van der Waals surface area contributed by atoms with E-state index in [1.807, 2.05) is 0 Å². The van der Waals surface area contributed by atoms with E-state index in [0.717, 1.165) is 48.0 Å². The smallest absolute Gasteiger partial charge is 0.166 e. The lowest BCUT2D eigenvalue weighted by molar-refractivity contribution is -0.137. The number of fused-ring (bicyclic) bond motifs is 1. The molecule has 0 N–H and O–H groups in total. The lowest BCUT2D eigenvalue weighted by atomic mass is 9.60. The molecular formula is C25H35F3. The molecule has 0 bridgehead atoms. The fourth-order valence-electron chi connectivity index (χ4n) is 6.69. The molecule has 0 amide bonds. The summed E-state index contributed by atoms with van der Waals surface area (Å²) in [5, 5.41) is 0. The van der Waals surface area contributed by atoms with Gasteiger partial charge >= 0.3 is 6.18 Å². The molecule has 0 heterocycles. The predicted octanol–water partition coefficient (Wildman–Crippen LogP) is 8.22. The van der Waals surface area contributed by atoms with Crippen LogP contribution in [0.15, 0.2) is 24.3 Å². The minimum atomic E-state index is -4.23. The molecule has 4 atom stereocenters. The standard InChI is InChI=1S/C25H35F3/c1-2-17-3-4-23-16-22(10-9-21(23)15-17)20-7-5-18(6-8-20)19-11-13-24(14-12-19)25(26,27)28/h11-14,17-18,20-23H,2-10,15-16H2,1H3. The summed E-state index contributed by atoms with van der Waals surface area (Å²) in [6.45, 7) is 2.35. The van der Waals surface area contributed by atoms with Gasteiger partial charge in [-0.05, 0) is 111 Å². The number of hydrogen-bond donors (Lipinski definition) is 0. The van der Waals surface area contributed by atoms with Gasteiger partial charge in [-0.2, -0.15) is 13.2 Å². The molecule has 0 radical (unpaired) electrons. The molecule has 0 nitrogen and oxygen atoms in total. The normalized spacial score (nSPS) is 36.7. The predicted molar refractivity (Wildman–Crippen MR) is 108 cm³/mol. The zero-order chi connectivity index (χ0) is 19.7. The van der Waals surface area contributed by atoms with Crippen LogP contribution in [0.2, 0.25) is 0 Å². The third kappa shape index (κ3) is 4.44. The third-order valence-electron chi connectivity index (χ3n) is 8.49. The quantitative estimate of drug-likeness (QED) is 0.486. The zero-order valence-electron chi connectivity index (χ0n) is 17.2. The van der Waals surface area contributed by atoms with Gasteiger partial charge in [0.25, 0.3) is 0 Å². The summed E-state index contributed by atoms with van der Waals surface area (Å²) in [5.41, 5.74) is 0.576. The average Bonchev–Trinajstić information content (AvgIpc) is 2.72. The van der Waals surface area contributed by atoms with Crippen molar-refractivity contribution in [2.75, 3.05) is 0 Å². The van der Waals surface area contributed by atoms with Gasteiger partial charge in [-0.3, -0.25) is 0 Å². The van der Waals surface area contributed by atoms with Gasteiger partial charge in [0, 0.05) is 0 Å². The van der Waals surface area contributed by atoms with E-state index in [0.29, 0.717) is 5.92 Å². The van der Waals surface area contributed by atoms with E-state index < -0.39 is 11.7 Å². The van der Waals surface area contributed by atoms with Crippen molar-refractivity contribution in [3.63, 3.8) is 0 Å². The van der Waals surface area contributed by atoms with Crippen LogP contribution in [0.1, 0.15) is 94.6 Å². The molecule has 4 unspecified atom stereocenters. The summed E-state index contributed by atoms with van der Waals surface area (Å²) in [7, 11) is 0. The van der Waals surface area contributed by atoms with Crippen molar-refractivity contribution in [2.24, 2.45) is 29.6 Å². The summed E-state index contributed by atoms with van der Waals surface area (Å²) in [4.78, 5) is 0. The van der Waals surface area contributed by atoms with E-state index >= 15 is 0 Å². The second-order valence-electron chi connectivity index (χ2n) is 9.91. The Morgan fingerprint density at radius 1 is 0.714 bits per heavy atom. The van der Waals surface area contributed by atoms with Crippen molar-refractivity contribution >= 4 is 0 Å². The van der Waals surface area contributed by atoms with E-state index in [-0.39, 0.29) is 0 Å². The summed E-state index contributed by atoms with van der Waals surface area (Å²) >= 11 is 0. The first-order chi connectivity index (χ1) is 13.4. The Morgan fingerprint density at radius 2 is 1.25 bits per heavy atom. The maximum Gasteiger partial charge on any atom is 0.416 e. The lowest BCUT2D eigenvalue weighted by Crippen LogP contribution is -2.34. The van der Waals surface area contributed by atoms with Crippen molar-refractivity contribution in [1.82, 2.24) is 0 Å². The number of hydrogen-bond acceptors (Lipinski definition) is 0. The van der Waals surface area contributed by atoms with E-state index in [1.54, 1.807) is 12.1 Å². The number of halogens is 3. The maximum atomic E-state index is 12.8. The van der Waals surface area contributed by atoms with Gasteiger partial charge in [0.05, 0.1) is 5.56 Å². The van der Waals surface area contributed by atoms with Crippen LogP contribution in [0, 0.1) is 29.6 Å². The molecule has 0 saturated heterocycles. The van der Waals surface area contributed by atoms with Crippen LogP contribution in [-0.2, 0) is 6.18 Å². The molecule has 156 valence electrons. The minimum absolute atomic E-state index is 0.454. The van der Waals surface area contributed by atoms with Crippen molar-refractivity contribution < 1.29 is 13.2 Å². The van der Waals surface area contributed by atoms with Crippen molar-refractivity contribution in [2.45, 2.75) is 89.6 Å². The van der Waals surface area contributed by atoms with Gasteiger partial charge in [-0.25, -0.2) is 0 Å². The van der Waals surface area contributed by atoms with Crippen LogP contribution in [0.25, 0.3) is 0 Å². The highest BCUT2D eigenvalue weighted by Gasteiger charge is 2.38. The van der Waals surface area contributed by atoms with E-state index in [2.05, 4.69) is 6.92 Å². The van der Waals surface area contributed by atoms with Crippen LogP contribution < -0.4 is 0 Å². The molecule has 3 heteroatoms. The monoisotopic (exact) mass is 392 g/mol. The van der Waals surface area contributed by atoms with E-state index in [4.69, 9.17) is 0 Å². The Bertz CT molecular complexity index is 624. The topological polar surface area (TPSA) is 0 Å². The van der Waals surface area contributed by atoms with Crippen molar-refractivity contribution in [3.8, 4) is 0 Å². The molecular weight excluding hydrogens is 357 g/mol. The molecule has 3 aliphatic rings. The molecule has 0 aliphatic heterocycles. The van der Waals surface area contributed by atoms with Crippen LogP contribution in [0.4, 0.5) is 13.2 Å². The molecule has 3 fully saturated rings. The SMILES string of the molecule is CCC1CCC2CC(C3CCC(c4ccc(C(F)(F)F)cc4)CC3)CCC2C1. The van der Waals surface area contributed by atoms with Gasteiger partial charge in [-0.1, -0.05) is 31.9 Å². The van der Waals surface area contributed by atoms with E-state index in [1.165, 1.54) is 69.9 Å². The van der Waals surface area contributed by atoms with Gasteiger partial charge in [0.1, 0.15) is 0 Å². The van der Waals surface area contributed by atoms with Crippen molar-refractivity contribution in [1.29, 1.82) is 0 Å². The first kappa shape index (κ1) is 20.3. The number of alkyl halides is 3. The summed E-state index contributed by atoms with van der Waals surface area (Å²) in [6.07, 6.45) is 10.7. The Labute approximate surface area is 168 Å². The van der Waals surface area contributed by atoms with Crippen LogP contribution in [-0.4, -0.2) is 0 Å². The highest BCUT2D eigenvalue weighted by Crippen LogP contribution is 2.50. The van der Waals surface area contributed by atoms with Crippen LogP contribution >= 0.6 is 0 Å². The van der Waals surface area contributed by atoms with Gasteiger partial charge in [-0.15, -0.1) is 0 Å². The first-order valence-corrected chi connectivity index (χ1v) is 11.6. The second kappa shape index (κ2) is 8.40. The van der Waals surface area contributed by atoms with Crippen LogP contribution in [0.3, 0.4) is 0 Å². The molecule has 1 aromatic carbocycles. The summed E-state index contributed by atoms with van der Waals surface area (Å²) < 4.78 is 38.3. The van der Waals surface area contributed by atoms with Crippen LogP contribution in [0.5, 0.6) is 0 Å². The fraction of sp³-hybridized carbons (Fsp3) is 0.760. The van der Waals surface area contributed by atoms with Crippen molar-refractivity contribution in [3.05, 3.63) is 35.4 Å². The Morgan fingerprint density at radius 3 is 1.86 bits per heavy atom. The van der Waals surface area contributed by atoms with Gasteiger partial charge in [0.15, 0.2) is 0 Å². The molecule has 3 saturated carbocycles. The zero-order valence-corrected chi connectivity index (χ0v) is 17.2. The average molecular weight is 393 g/mol. The molecule has 0 aromatic heterocycles. The van der Waals surface area contributed by atoms with E-state index in [9.17, 15) is 13.2 Å². The molecule has 3 aliphatic carbocycles. The second-order valence-corrected chi connectivity index (χ2v) is 9.91. The Hall–Kier alpha value is -0.990. The maximum absolute atomic E-state index is 12.8. The molecule has 0 spiro atoms. The van der Waals surface area contributed by atoms with Gasteiger partial charge in [0.2, 0.25) is 0 Å². The Balaban J connectivity index is 1.29. The summed E-state index contributed by atoms with van der Waals surface area (Å²) in [5.74, 6) is 5.18. The number of rotatable bonds is 3. The highest BCUT2D eigenvalue weighted by atomic mass is 19.4. The van der Waals surface area contributed by atoms with Gasteiger partial charge < -0.3 is 0 Å². The lowest BCUT2D eigenvalue weighted by Gasteiger charge is -2.45. The molecule has 4 rings (SSSR count). The number of benzene rings is 1. The highest BCUT2D eigenvalue weighted by molar-refractivity contribution is 5.27. The summed E-state index contributed by atoms with van der Waals surface area (Å²) in [6, 6.07) is 5.95. The first-order valence-electron chi connectivity index (χ1n) is 11.6. The third-order valence-corrected chi connectivity index (χ3v) is 8.49.